The minimum atomic E-state index is -3.70. The maximum absolute atomic E-state index is 13.6. The molecule has 0 spiro atoms. The number of likely N-dealkylation sites (N-methyl/N-ethyl adjacent to an activating group) is 1. The lowest BCUT2D eigenvalue weighted by molar-refractivity contribution is 0.172. The van der Waals surface area contributed by atoms with Crippen molar-refractivity contribution in [1.29, 1.82) is 0 Å². The van der Waals surface area contributed by atoms with Gasteiger partial charge in [0.25, 0.3) is 0 Å². The lowest BCUT2D eigenvalue weighted by atomic mass is 10.1. The lowest BCUT2D eigenvalue weighted by Gasteiger charge is -2.37. The second kappa shape index (κ2) is 11.1. The predicted octanol–water partition coefficient (Wildman–Crippen LogP) is 2.70. The summed E-state index contributed by atoms with van der Waals surface area (Å²) in [5.74, 6) is 1.25. The monoisotopic (exact) mass is 575 g/mol. The number of aromatic nitrogens is 4. The molecule has 3 aromatic carbocycles. The highest BCUT2D eigenvalue weighted by Gasteiger charge is 2.35. The number of sulfone groups is 1. The number of aryl methyl sites for hydroxylation is 1. The normalized spacial score (nSPS) is 17.1. The Morgan fingerprint density at radius 3 is 2.39 bits per heavy atom. The molecule has 0 radical (unpaired) electrons. The smallest absolute Gasteiger partial charge is 0.210 e. The maximum atomic E-state index is 13.6. The van der Waals surface area contributed by atoms with Crippen molar-refractivity contribution in [2.45, 2.75) is 28.7 Å². The molecule has 0 amide bonds. The molecule has 1 saturated heterocycles. The topological polar surface area (TPSA) is 117 Å². The summed E-state index contributed by atoms with van der Waals surface area (Å²) in [5.41, 5.74) is 2.88. The van der Waals surface area contributed by atoms with Crippen LogP contribution < -0.4 is 14.5 Å². The minimum Gasteiger partial charge on any atom is -0.497 e. The van der Waals surface area contributed by atoms with E-state index < -0.39 is 15.9 Å². The van der Waals surface area contributed by atoms with E-state index in [0.29, 0.717) is 30.0 Å². The van der Waals surface area contributed by atoms with Gasteiger partial charge in [-0.3, -0.25) is 0 Å². The summed E-state index contributed by atoms with van der Waals surface area (Å²) in [7, 11) is 0.0142. The van der Waals surface area contributed by atoms with Crippen LogP contribution in [0.15, 0.2) is 76.5 Å². The minimum absolute atomic E-state index is 0.221. The molecule has 3 heterocycles. The molecule has 41 heavy (non-hydrogen) atoms. The van der Waals surface area contributed by atoms with Gasteiger partial charge in [-0.1, -0.05) is 12.1 Å². The van der Waals surface area contributed by atoms with Gasteiger partial charge in [-0.15, -0.1) is 15.0 Å². The van der Waals surface area contributed by atoms with E-state index in [1.807, 2.05) is 47.4 Å². The third-order valence-electron chi connectivity index (χ3n) is 7.69. The van der Waals surface area contributed by atoms with E-state index >= 15 is 0 Å². The van der Waals surface area contributed by atoms with Crippen molar-refractivity contribution in [2.75, 3.05) is 56.7 Å². The molecule has 11 nitrogen and oxygen atoms in total. The summed E-state index contributed by atoms with van der Waals surface area (Å²) in [6.45, 7) is 3.84. The first kappa shape index (κ1) is 27.2. The van der Waals surface area contributed by atoms with E-state index in [2.05, 4.69) is 32.3 Å². The summed E-state index contributed by atoms with van der Waals surface area (Å²) in [4.78, 5) is 8.44. The summed E-state index contributed by atoms with van der Waals surface area (Å²) in [6.07, 6.45) is 0.0314. The number of para-hydroxylation sites is 1. The number of anilines is 3. The Morgan fingerprint density at radius 1 is 0.927 bits per heavy atom. The molecule has 6 rings (SSSR count). The molecule has 1 aromatic heterocycles. The number of rotatable bonds is 8. The molecule has 214 valence electrons. The Morgan fingerprint density at radius 2 is 1.63 bits per heavy atom. The number of piperazine rings is 1. The third kappa shape index (κ3) is 5.37. The van der Waals surface area contributed by atoms with Crippen molar-refractivity contribution in [3.8, 4) is 11.4 Å². The van der Waals surface area contributed by atoms with Crippen LogP contribution in [0.3, 0.4) is 0 Å². The van der Waals surface area contributed by atoms with Crippen LogP contribution in [-0.4, -0.2) is 91.6 Å². The number of methoxy groups -OCH3 is 1. The first-order valence-electron chi connectivity index (χ1n) is 13.6. The van der Waals surface area contributed by atoms with Gasteiger partial charge in [0.05, 0.1) is 40.1 Å². The second-order valence-electron chi connectivity index (χ2n) is 10.4. The number of aliphatic hydroxyl groups excluding tert-OH is 1. The van der Waals surface area contributed by atoms with Gasteiger partial charge in [0, 0.05) is 44.8 Å². The van der Waals surface area contributed by atoms with Crippen molar-refractivity contribution in [2.24, 2.45) is 0 Å². The number of ether oxygens (including phenoxy) is 1. The molecule has 1 atom stereocenters. The fraction of sp³-hybridized carbons (Fsp3) is 0.345. The number of tetrazole rings is 1. The molecule has 1 unspecified atom stereocenters. The van der Waals surface area contributed by atoms with Gasteiger partial charge in [0.15, 0.2) is 5.82 Å². The lowest BCUT2D eigenvalue weighted by Crippen LogP contribution is -2.44. The van der Waals surface area contributed by atoms with Gasteiger partial charge in [0.2, 0.25) is 9.84 Å². The average molecular weight is 576 g/mol. The van der Waals surface area contributed by atoms with Gasteiger partial charge in [-0.2, -0.15) is 0 Å². The first-order chi connectivity index (χ1) is 19.8. The van der Waals surface area contributed by atoms with E-state index in [-0.39, 0.29) is 16.3 Å². The predicted molar refractivity (Wildman–Crippen MR) is 155 cm³/mol. The molecular formula is C29H33N7O4S. The zero-order valence-electron chi connectivity index (χ0n) is 23.1. The Bertz CT molecular complexity index is 1630. The van der Waals surface area contributed by atoms with Crippen LogP contribution in [0, 0.1) is 0 Å². The Labute approximate surface area is 239 Å². The van der Waals surface area contributed by atoms with E-state index in [1.165, 1.54) is 4.80 Å². The molecule has 1 N–H and O–H groups in total. The highest BCUT2D eigenvalue weighted by atomic mass is 32.2. The van der Waals surface area contributed by atoms with Crippen LogP contribution in [0.2, 0.25) is 0 Å². The molecular weight excluding hydrogens is 542 g/mol. The largest absolute Gasteiger partial charge is 0.497 e. The average Bonchev–Trinajstić information content (AvgIpc) is 3.48. The van der Waals surface area contributed by atoms with Crippen molar-refractivity contribution in [1.82, 2.24) is 25.1 Å². The van der Waals surface area contributed by atoms with Crippen molar-refractivity contribution < 1.29 is 18.3 Å². The number of fused-ring (bicyclic) bond motifs is 2. The quantitative estimate of drug-likeness (QED) is 0.336. The van der Waals surface area contributed by atoms with Crippen LogP contribution >= 0.6 is 0 Å². The van der Waals surface area contributed by atoms with Gasteiger partial charge < -0.3 is 24.5 Å². The third-order valence-corrected chi connectivity index (χ3v) is 9.54. The van der Waals surface area contributed by atoms with Crippen LogP contribution in [0.4, 0.5) is 17.1 Å². The fourth-order valence-corrected chi connectivity index (χ4v) is 6.96. The highest BCUT2D eigenvalue weighted by Crippen LogP contribution is 2.45. The summed E-state index contributed by atoms with van der Waals surface area (Å²) in [5, 5.41) is 23.9. The standard InChI is InChI=1S/C29H33N7O4S/c1-33-15-17-34(18-16-33)22-9-13-28-26(19-22)35(25-5-3-4-6-27(25)41(28,38)39)20-23(37)10-14-29-30-32-36(31-29)21-7-11-24(40-2)12-8-21/h3-9,11-13,19,23,37H,10,14-18,20H2,1-2H3. The molecule has 2 aliphatic rings. The number of nitrogens with zero attached hydrogens (tertiary/aromatic N) is 7. The number of benzene rings is 3. The number of aliphatic hydroxyl groups is 1. The molecule has 1 fully saturated rings. The summed E-state index contributed by atoms with van der Waals surface area (Å²) in [6, 6.07) is 19.9. The summed E-state index contributed by atoms with van der Waals surface area (Å²) < 4.78 is 32.4. The Balaban J connectivity index is 1.22. The van der Waals surface area contributed by atoms with Crippen LogP contribution in [-0.2, 0) is 16.3 Å². The van der Waals surface area contributed by atoms with Crippen LogP contribution in [0.1, 0.15) is 12.2 Å². The molecule has 0 saturated carbocycles. The number of hydrogen-bond donors (Lipinski definition) is 1. The van der Waals surface area contributed by atoms with Crippen LogP contribution in [0.25, 0.3) is 5.69 Å². The van der Waals surface area contributed by atoms with Crippen molar-refractivity contribution >= 4 is 26.9 Å². The number of hydrogen-bond acceptors (Lipinski definition) is 10. The van der Waals surface area contributed by atoms with E-state index in [1.54, 1.807) is 31.4 Å². The Hall–Kier alpha value is -4.00. The van der Waals surface area contributed by atoms with Crippen molar-refractivity contribution in [3.63, 3.8) is 0 Å². The SMILES string of the molecule is COc1ccc(-n2nnc(CCC(O)CN3c4ccccc4S(=O)(=O)c4ccc(N5CCN(C)CC5)cc43)n2)cc1. The van der Waals surface area contributed by atoms with Gasteiger partial charge in [0.1, 0.15) is 5.75 Å². The first-order valence-corrected chi connectivity index (χ1v) is 15.1. The van der Waals surface area contributed by atoms with E-state index in [9.17, 15) is 13.5 Å². The van der Waals surface area contributed by atoms with Gasteiger partial charge in [-0.05, 0) is 73.3 Å². The number of β-amino-alcohol motifs (C(OH)–C–C–N with tert-alkyl or cyclic N) is 1. The molecule has 2 aliphatic heterocycles. The zero-order chi connectivity index (χ0) is 28.6. The molecule has 12 heteroatoms. The molecule has 4 aromatic rings. The molecule has 0 aliphatic carbocycles. The molecule has 0 bridgehead atoms. The fourth-order valence-electron chi connectivity index (χ4n) is 5.32. The maximum Gasteiger partial charge on any atom is 0.210 e. The second-order valence-corrected chi connectivity index (χ2v) is 12.3. The van der Waals surface area contributed by atoms with E-state index in [0.717, 1.165) is 43.3 Å². The Kier molecular flexibility index (Phi) is 7.37. The highest BCUT2D eigenvalue weighted by molar-refractivity contribution is 7.92. The zero-order valence-corrected chi connectivity index (χ0v) is 23.9. The van der Waals surface area contributed by atoms with E-state index in [4.69, 9.17) is 4.74 Å². The van der Waals surface area contributed by atoms with Crippen LogP contribution in [0.5, 0.6) is 5.75 Å². The van der Waals surface area contributed by atoms with Crippen molar-refractivity contribution in [3.05, 3.63) is 72.6 Å². The van der Waals surface area contributed by atoms with Gasteiger partial charge >= 0.3 is 0 Å². The summed E-state index contributed by atoms with van der Waals surface area (Å²) >= 11 is 0. The van der Waals surface area contributed by atoms with Gasteiger partial charge in [-0.25, -0.2) is 8.42 Å².